The molecule has 8 heteroatoms. The topological polar surface area (TPSA) is 106 Å². The number of carbonyl (C=O) groups excluding carboxylic acids is 1. The number of nitrogens with one attached hydrogen (secondary N) is 2. The number of benzene rings is 2. The molecule has 1 aromatic heterocycles. The van der Waals surface area contributed by atoms with Gasteiger partial charge in [0, 0.05) is 24.9 Å². The number of aryl methyl sites for hydroxylation is 1. The van der Waals surface area contributed by atoms with E-state index >= 15 is 0 Å². The summed E-state index contributed by atoms with van der Waals surface area (Å²) in [6.45, 7) is 0.622. The SMILES string of the molecule is O=C(CCc1nnc(-c2ccc3c(c2)OCO3)[nH]c1=O)NCc1ccccc1. The Morgan fingerprint density at radius 1 is 1.07 bits per heavy atom. The zero-order chi connectivity index (χ0) is 19.3. The molecule has 0 fully saturated rings. The van der Waals surface area contributed by atoms with Gasteiger partial charge in [-0.2, -0.15) is 0 Å². The van der Waals surface area contributed by atoms with Crippen molar-refractivity contribution >= 4 is 5.91 Å². The van der Waals surface area contributed by atoms with Gasteiger partial charge in [0.05, 0.1) is 0 Å². The van der Waals surface area contributed by atoms with Gasteiger partial charge in [-0.1, -0.05) is 30.3 Å². The van der Waals surface area contributed by atoms with Crippen LogP contribution in [0, 0.1) is 0 Å². The molecule has 1 amide bonds. The number of aromatic nitrogens is 3. The van der Waals surface area contributed by atoms with Crippen molar-refractivity contribution in [1.82, 2.24) is 20.5 Å². The van der Waals surface area contributed by atoms with E-state index < -0.39 is 0 Å². The average molecular weight is 378 g/mol. The van der Waals surface area contributed by atoms with E-state index in [4.69, 9.17) is 9.47 Å². The number of nitrogens with zero attached hydrogens (tertiary/aromatic N) is 2. The number of aromatic amines is 1. The third kappa shape index (κ3) is 4.01. The number of rotatable bonds is 6. The summed E-state index contributed by atoms with van der Waals surface area (Å²) >= 11 is 0. The van der Waals surface area contributed by atoms with Crippen molar-refractivity contribution < 1.29 is 14.3 Å². The summed E-state index contributed by atoms with van der Waals surface area (Å²) in [7, 11) is 0. The van der Waals surface area contributed by atoms with Crippen LogP contribution >= 0.6 is 0 Å². The van der Waals surface area contributed by atoms with Gasteiger partial charge in [0.15, 0.2) is 17.3 Å². The summed E-state index contributed by atoms with van der Waals surface area (Å²) in [5.74, 6) is 1.43. The lowest BCUT2D eigenvalue weighted by atomic mass is 10.2. The minimum Gasteiger partial charge on any atom is -0.454 e. The maximum atomic E-state index is 12.3. The highest BCUT2D eigenvalue weighted by Crippen LogP contribution is 2.34. The average Bonchev–Trinajstić information content (AvgIpc) is 3.20. The molecule has 2 heterocycles. The van der Waals surface area contributed by atoms with Gasteiger partial charge < -0.3 is 19.8 Å². The summed E-state index contributed by atoms with van der Waals surface area (Å²) in [5.41, 5.74) is 1.54. The van der Waals surface area contributed by atoms with Gasteiger partial charge in [0.25, 0.3) is 5.56 Å². The zero-order valence-electron chi connectivity index (χ0n) is 15.0. The normalized spacial score (nSPS) is 12.0. The van der Waals surface area contributed by atoms with Crippen molar-refractivity contribution in [2.24, 2.45) is 0 Å². The summed E-state index contributed by atoms with van der Waals surface area (Å²) in [4.78, 5) is 27.0. The Morgan fingerprint density at radius 2 is 1.89 bits per heavy atom. The molecule has 0 saturated carbocycles. The molecule has 8 nitrogen and oxygen atoms in total. The Morgan fingerprint density at radius 3 is 2.71 bits per heavy atom. The van der Waals surface area contributed by atoms with E-state index in [1.165, 1.54) is 0 Å². The largest absolute Gasteiger partial charge is 0.454 e. The maximum absolute atomic E-state index is 12.3. The van der Waals surface area contributed by atoms with E-state index in [0.717, 1.165) is 5.56 Å². The first-order chi connectivity index (χ1) is 13.7. The maximum Gasteiger partial charge on any atom is 0.273 e. The van der Waals surface area contributed by atoms with Crippen LogP contribution in [0.5, 0.6) is 11.5 Å². The van der Waals surface area contributed by atoms with Gasteiger partial charge in [0.1, 0.15) is 5.69 Å². The molecule has 3 aromatic rings. The standard InChI is InChI=1S/C20H18N4O4/c25-18(21-11-13-4-2-1-3-5-13)9-7-15-20(26)22-19(24-23-15)14-6-8-16-17(10-14)28-12-27-16/h1-6,8,10H,7,9,11-12H2,(H,21,25)(H,22,24,26). The van der Waals surface area contributed by atoms with Crippen LogP contribution in [0.15, 0.2) is 53.3 Å². The zero-order valence-corrected chi connectivity index (χ0v) is 15.0. The van der Waals surface area contributed by atoms with Crippen molar-refractivity contribution in [2.75, 3.05) is 6.79 Å². The number of hydrogen-bond donors (Lipinski definition) is 2. The lowest BCUT2D eigenvalue weighted by Gasteiger charge is -2.05. The second kappa shape index (κ2) is 7.91. The number of H-pyrrole nitrogens is 1. The fourth-order valence-electron chi connectivity index (χ4n) is 2.81. The van der Waals surface area contributed by atoms with E-state index in [-0.39, 0.29) is 36.8 Å². The van der Waals surface area contributed by atoms with Crippen molar-refractivity contribution in [3.8, 4) is 22.9 Å². The Kier molecular flexibility index (Phi) is 5.01. The summed E-state index contributed by atoms with van der Waals surface area (Å²) in [6.07, 6.45) is 0.373. The lowest BCUT2D eigenvalue weighted by Crippen LogP contribution is -2.25. The van der Waals surface area contributed by atoms with Crippen LogP contribution in [-0.2, 0) is 17.8 Å². The van der Waals surface area contributed by atoms with E-state index in [2.05, 4.69) is 20.5 Å². The quantitative estimate of drug-likeness (QED) is 0.678. The van der Waals surface area contributed by atoms with Gasteiger partial charge in [-0.25, -0.2) is 0 Å². The number of carbonyl (C=O) groups is 1. The highest BCUT2D eigenvalue weighted by atomic mass is 16.7. The van der Waals surface area contributed by atoms with E-state index in [9.17, 15) is 9.59 Å². The Labute approximate surface area is 160 Å². The molecule has 0 aliphatic carbocycles. The third-order valence-corrected chi connectivity index (χ3v) is 4.33. The molecule has 0 radical (unpaired) electrons. The fourth-order valence-corrected chi connectivity index (χ4v) is 2.81. The molecule has 1 aliphatic rings. The molecule has 2 aromatic carbocycles. The highest BCUT2D eigenvalue weighted by Gasteiger charge is 2.15. The van der Waals surface area contributed by atoms with Gasteiger partial charge in [-0.3, -0.25) is 9.59 Å². The molecule has 1 aliphatic heterocycles. The highest BCUT2D eigenvalue weighted by molar-refractivity contribution is 5.76. The Balaban J connectivity index is 1.37. The predicted molar refractivity (Wildman–Crippen MR) is 101 cm³/mol. The van der Waals surface area contributed by atoms with Crippen LogP contribution in [0.1, 0.15) is 17.7 Å². The Bertz CT molecular complexity index is 1050. The molecule has 28 heavy (non-hydrogen) atoms. The van der Waals surface area contributed by atoms with Crippen LogP contribution in [0.2, 0.25) is 0 Å². The number of fused-ring (bicyclic) bond motifs is 1. The minimum absolute atomic E-state index is 0.148. The van der Waals surface area contributed by atoms with Gasteiger partial charge in [-0.05, 0) is 23.8 Å². The molecule has 0 saturated heterocycles. The first kappa shape index (κ1) is 17.7. The van der Waals surface area contributed by atoms with Crippen LogP contribution in [0.25, 0.3) is 11.4 Å². The Hall–Kier alpha value is -3.68. The van der Waals surface area contributed by atoms with Gasteiger partial charge >= 0.3 is 0 Å². The molecule has 0 atom stereocenters. The summed E-state index contributed by atoms with van der Waals surface area (Å²) in [6, 6.07) is 14.9. The summed E-state index contributed by atoms with van der Waals surface area (Å²) < 4.78 is 10.6. The van der Waals surface area contributed by atoms with Crippen LogP contribution < -0.4 is 20.3 Å². The molecule has 2 N–H and O–H groups in total. The van der Waals surface area contributed by atoms with E-state index in [1.54, 1.807) is 18.2 Å². The van der Waals surface area contributed by atoms with Crippen LogP contribution in [0.4, 0.5) is 0 Å². The molecule has 0 spiro atoms. The van der Waals surface area contributed by atoms with Gasteiger partial charge in [0.2, 0.25) is 12.7 Å². The van der Waals surface area contributed by atoms with Crippen molar-refractivity contribution in [1.29, 1.82) is 0 Å². The number of ether oxygens (including phenoxy) is 2. The number of hydrogen-bond acceptors (Lipinski definition) is 6. The van der Waals surface area contributed by atoms with Crippen LogP contribution in [0.3, 0.4) is 0 Å². The second-order valence-electron chi connectivity index (χ2n) is 6.28. The predicted octanol–water partition coefficient (Wildman–Crippen LogP) is 1.81. The molecule has 142 valence electrons. The minimum atomic E-state index is -0.362. The fraction of sp³-hybridized carbons (Fsp3) is 0.200. The smallest absolute Gasteiger partial charge is 0.273 e. The van der Waals surface area contributed by atoms with E-state index in [0.29, 0.717) is 29.4 Å². The monoisotopic (exact) mass is 378 g/mol. The van der Waals surface area contributed by atoms with E-state index in [1.807, 2.05) is 30.3 Å². The second-order valence-corrected chi connectivity index (χ2v) is 6.28. The van der Waals surface area contributed by atoms with Crippen molar-refractivity contribution in [3.05, 3.63) is 70.1 Å². The first-order valence-electron chi connectivity index (χ1n) is 8.85. The molecular weight excluding hydrogens is 360 g/mol. The molecular formula is C20H18N4O4. The first-order valence-corrected chi connectivity index (χ1v) is 8.85. The van der Waals surface area contributed by atoms with Crippen molar-refractivity contribution in [3.63, 3.8) is 0 Å². The summed E-state index contributed by atoms with van der Waals surface area (Å²) in [5, 5.41) is 10.9. The molecule has 0 bridgehead atoms. The molecule has 0 unspecified atom stereocenters. The van der Waals surface area contributed by atoms with Gasteiger partial charge in [-0.15, -0.1) is 10.2 Å². The van der Waals surface area contributed by atoms with Crippen molar-refractivity contribution in [2.45, 2.75) is 19.4 Å². The molecule has 4 rings (SSSR count). The lowest BCUT2D eigenvalue weighted by molar-refractivity contribution is -0.121. The third-order valence-electron chi connectivity index (χ3n) is 4.33. The number of amides is 1. The van der Waals surface area contributed by atoms with Crippen LogP contribution in [-0.4, -0.2) is 27.9 Å².